The van der Waals surface area contributed by atoms with Gasteiger partial charge in [-0.15, -0.1) is 24.0 Å². The summed E-state index contributed by atoms with van der Waals surface area (Å²) in [5.41, 5.74) is 1.22. The molecule has 7 heteroatoms. The molecule has 27 heavy (non-hydrogen) atoms. The minimum absolute atomic E-state index is 0. The number of hydrogen-bond donors (Lipinski definition) is 1. The van der Waals surface area contributed by atoms with Crippen LogP contribution in [-0.2, 0) is 9.53 Å². The van der Waals surface area contributed by atoms with E-state index in [1.807, 2.05) is 6.07 Å². The minimum Gasteiger partial charge on any atom is -0.469 e. The SMILES string of the molecule is CCNC(=NCCCN(C)c1ccccc1)N1CC(C)C(C(=O)OC)C1.I. The summed E-state index contributed by atoms with van der Waals surface area (Å²) in [6.45, 7) is 8.19. The van der Waals surface area contributed by atoms with Crippen LogP contribution in [0.25, 0.3) is 0 Å². The Balaban J connectivity index is 0.00000364. The van der Waals surface area contributed by atoms with Crippen LogP contribution >= 0.6 is 24.0 Å². The van der Waals surface area contributed by atoms with Crippen molar-refractivity contribution in [3.8, 4) is 0 Å². The largest absolute Gasteiger partial charge is 0.469 e. The smallest absolute Gasteiger partial charge is 0.310 e. The molecule has 1 N–H and O–H groups in total. The van der Waals surface area contributed by atoms with Crippen LogP contribution in [0.5, 0.6) is 0 Å². The second-order valence-corrected chi connectivity index (χ2v) is 6.86. The van der Waals surface area contributed by atoms with E-state index in [9.17, 15) is 4.79 Å². The molecule has 2 unspecified atom stereocenters. The Hall–Kier alpha value is -1.51. The number of guanidine groups is 1. The van der Waals surface area contributed by atoms with Crippen LogP contribution < -0.4 is 10.2 Å². The van der Waals surface area contributed by atoms with Crippen molar-refractivity contribution in [1.82, 2.24) is 10.2 Å². The highest BCUT2D eigenvalue weighted by atomic mass is 127. The maximum absolute atomic E-state index is 11.9. The fraction of sp³-hybridized carbons (Fsp3) is 0.600. The summed E-state index contributed by atoms with van der Waals surface area (Å²) in [5, 5.41) is 3.35. The molecular formula is C20H33IN4O2. The first-order valence-corrected chi connectivity index (χ1v) is 9.44. The van der Waals surface area contributed by atoms with E-state index in [2.05, 4.69) is 60.3 Å². The molecule has 0 amide bonds. The zero-order chi connectivity index (χ0) is 18.9. The Labute approximate surface area is 180 Å². The first-order chi connectivity index (χ1) is 12.6. The number of nitrogens with zero attached hydrogens (tertiary/aromatic N) is 3. The first kappa shape index (κ1) is 23.5. The molecule has 0 saturated carbocycles. The number of rotatable bonds is 7. The van der Waals surface area contributed by atoms with E-state index < -0.39 is 0 Å². The van der Waals surface area contributed by atoms with E-state index in [1.54, 1.807) is 0 Å². The van der Waals surface area contributed by atoms with Crippen molar-refractivity contribution in [2.24, 2.45) is 16.8 Å². The average molecular weight is 488 g/mol. The molecule has 1 aromatic carbocycles. The third-order valence-corrected chi connectivity index (χ3v) is 4.86. The Morgan fingerprint density at radius 1 is 1.33 bits per heavy atom. The number of benzene rings is 1. The van der Waals surface area contributed by atoms with Gasteiger partial charge in [-0.05, 0) is 31.4 Å². The Morgan fingerprint density at radius 2 is 2.04 bits per heavy atom. The lowest BCUT2D eigenvalue weighted by molar-refractivity contribution is -0.145. The molecule has 0 aliphatic carbocycles. The quantitative estimate of drug-likeness (QED) is 0.210. The van der Waals surface area contributed by atoms with Crippen LogP contribution in [0.3, 0.4) is 0 Å². The van der Waals surface area contributed by atoms with Crippen LogP contribution in [0.4, 0.5) is 5.69 Å². The number of aliphatic imine (C=N–C) groups is 1. The fourth-order valence-corrected chi connectivity index (χ4v) is 3.33. The molecular weight excluding hydrogens is 455 g/mol. The zero-order valence-corrected chi connectivity index (χ0v) is 19.2. The van der Waals surface area contributed by atoms with E-state index in [-0.39, 0.29) is 41.8 Å². The monoisotopic (exact) mass is 488 g/mol. The van der Waals surface area contributed by atoms with Gasteiger partial charge in [0, 0.05) is 45.5 Å². The summed E-state index contributed by atoms with van der Waals surface area (Å²) < 4.78 is 4.93. The van der Waals surface area contributed by atoms with Crippen molar-refractivity contribution < 1.29 is 9.53 Å². The van der Waals surface area contributed by atoms with Crippen molar-refractivity contribution in [1.29, 1.82) is 0 Å². The van der Waals surface area contributed by atoms with Crippen molar-refractivity contribution in [3.05, 3.63) is 30.3 Å². The molecule has 0 bridgehead atoms. The van der Waals surface area contributed by atoms with Crippen molar-refractivity contribution in [3.63, 3.8) is 0 Å². The summed E-state index contributed by atoms with van der Waals surface area (Å²) >= 11 is 0. The molecule has 0 aromatic heterocycles. The van der Waals surface area contributed by atoms with E-state index in [0.29, 0.717) is 6.54 Å². The van der Waals surface area contributed by atoms with Crippen molar-refractivity contribution >= 4 is 41.6 Å². The summed E-state index contributed by atoms with van der Waals surface area (Å²) in [4.78, 5) is 21.1. The summed E-state index contributed by atoms with van der Waals surface area (Å²) in [6.07, 6.45) is 0.976. The maximum atomic E-state index is 11.9. The van der Waals surface area contributed by atoms with Gasteiger partial charge in [0.25, 0.3) is 0 Å². The average Bonchev–Trinajstić information content (AvgIpc) is 3.05. The number of esters is 1. The van der Waals surface area contributed by atoms with Crippen molar-refractivity contribution in [2.45, 2.75) is 20.3 Å². The van der Waals surface area contributed by atoms with Crippen LogP contribution in [0.2, 0.25) is 0 Å². The normalized spacial score (nSPS) is 19.4. The van der Waals surface area contributed by atoms with Gasteiger partial charge < -0.3 is 19.9 Å². The predicted octanol–water partition coefficient (Wildman–Crippen LogP) is 2.84. The second kappa shape index (κ2) is 12.0. The van der Waals surface area contributed by atoms with E-state index in [1.165, 1.54) is 12.8 Å². The molecule has 152 valence electrons. The van der Waals surface area contributed by atoms with Gasteiger partial charge in [-0.2, -0.15) is 0 Å². The first-order valence-electron chi connectivity index (χ1n) is 9.44. The third kappa shape index (κ3) is 6.86. The van der Waals surface area contributed by atoms with E-state index in [0.717, 1.165) is 38.6 Å². The van der Waals surface area contributed by atoms with E-state index >= 15 is 0 Å². The lowest BCUT2D eigenvalue weighted by Gasteiger charge is -2.22. The molecule has 1 fully saturated rings. The maximum Gasteiger partial charge on any atom is 0.310 e. The molecule has 0 spiro atoms. The number of nitrogens with one attached hydrogen (secondary N) is 1. The molecule has 0 radical (unpaired) electrons. The number of carbonyl (C=O) groups is 1. The van der Waals surface area contributed by atoms with Gasteiger partial charge in [-0.25, -0.2) is 0 Å². The third-order valence-electron chi connectivity index (χ3n) is 4.86. The Bertz CT molecular complexity index is 597. The van der Waals surface area contributed by atoms with Crippen LogP contribution in [-0.4, -0.2) is 63.7 Å². The van der Waals surface area contributed by atoms with Crippen LogP contribution in [0.1, 0.15) is 20.3 Å². The lowest BCUT2D eigenvalue weighted by Crippen LogP contribution is -2.40. The Kier molecular flexibility index (Phi) is 10.5. The molecule has 1 aromatic rings. The number of para-hydroxylation sites is 1. The van der Waals surface area contributed by atoms with Crippen molar-refractivity contribution in [2.75, 3.05) is 51.8 Å². The van der Waals surface area contributed by atoms with Crippen LogP contribution in [0, 0.1) is 11.8 Å². The number of methoxy groups -OCH3 is 1. The lowest BCUT2D eigenvalue weighted by atomic mass is 9.99. The summed E-state index contributed by atoms with van der Waals surface area (Å²) in [6, 6.07) is 10.4. The van der Waals surface area contributed by atoms with Gasteiger partial charge in [0.15, 0.2) is 5.96 Å². The Morgan fingerprint density at radius 3 is 2.67 bits per heavy atom. The second-order valence-electron chi connectivity index (χ2n) is 6.86. The van der Waals surface area contributed by atoms with Crippen LogP contribution in [0.15, 0.2) is 35.3 Å². The molecule has 2 atom stereocenters. The molecule has 1 heterocycles. The highest BCUT2D eigenvalue weighted by Gasteiger charge is 2.36. The number of likely N-dealkylation sites (tertiary alicyclic amines) is 1. The number of carbonyl (C=O) groups excluding carboxylic acids is 1. The van der Waals surface area contributed by atoms with Gasteiger partial charge in [0.05, 0.1) is 13.0 Å². The zero-order valence-electron chi connectivity index (χ0n) is 16.9. The summed E-state index contributed by atoms with van der Waals surface area (Å²) in [7, 11) is 3.56. The number of ether oxygens (including phenoxy) is 1. The van der Waals surface area contributed by atoms with Gasteiger partial charge in [0.2, 0.25) is 0 Å². The molecule has 6 nitrogen and oxygen atoms in total. The standard InChI is InChI=1S/C20H32N4O2.HI/c1-5-21-20(24-14-16(2)18(15-24)19(25)26-4)22-12-9-13-23(3)17-10-7-6-8-11-17;/h6-8,10-11,16,18H,5,9,12-15H2,1-4H3,(H,21,22);1H. The van der Waals surface area contributed by atoms with E-state index in [4.69, 9.17) is 9.73 Å². The topological polar surface area (TPSA) is 57.2 Å². The highest BCUT2D eigenvalue weighted by molar-refractivity contribution is 14.0. The number of hydrogen-bond acceptors (Lipinski definition) is 4. The highest BCUT2D eigenvalue weighted by Crippen LogP contribution is 2.24. The van der Waals surface area contributed by atoms with Gasteiger partial charge in [0.1, 0.15) is 0 Å². The molecule has 1 saturated heterocycles. The molecule has 2 rings (SSSR count). The fourth-order valence-electron chi connectivity index (χ4n) is 3.33. The number of halogens is 1. The van der Waals surface area contributed by atoms with Gasteiger partial charge in [-0.1, -0.05) is 25.1 Å². The predicted molar refractivity (Wildman–Crippen MR) is 122 cm³/mol. The molecule has 1 aliphatic heterocycles. The summed E-state index contributed by atoms with van der Waals surface area (Å²) in [5.74, 6) is 0.969. The van der Waals surface area contributed by atoms with Gasteiger partial charge in [-0.3, -0.25) is 9.79 Å². The number of anilines is 1. The minimum atomic E-state index is -0.125. The van der Waals surface area contributed by atoms with Gasteiger partial charge >= 0.3 is 5.97 Å². The molecule has 1 aliphatic rings.